The Bertz CT molecular complexity index is 744. The number of aromatic amines is 1. The van der Waals surface area contributed by atoms with E-state index in [1.54, 1.807) is 0 Å². The molecule has 1 heterocycles. The lowest BCUT2D eigenvalue weighted by atomic mass is 10.2. The first-order valence-corrected chi connectivity index (χ1v) is 7.13. The Kier molecular flexibility index (Phi) is 3.90. The molecule has 22 heavy (non-hydrogen) atoms. The second kappa shape index (κ2) is 5.85. The first kappa shape index (κ1) is 14.7. The number of imidazole rings is 1. The average Bonchev–Trinajstić information content (AvgIpc) is 2.90. The van der Waals surface area contributed by atoms with Crippen LogP contribution in [0.25, 0.3) is 11.0 Å². The van der Waals surface area contributed by atoms with Gasteiger partial charge in [-0.25, -0.2) is 13.8 Å². The van der Waals surface area contributed by atoms with Gasteiger partial charge in [0.25, 0.3) is 0 Å². The predicted octanol–water partition coefficient (Wildman–Crippen LogP) is 4.03. The topological polar surface area (TPSA) is 31.9 Å². The van der Waals surface area contributed by atoms with Crippen LogP contribution in [-0.4, -0.2) is 21.9 Å². The molecule has 0 saturated carbocycles. The maximum absolute atomic E-state index is 13.3. The van der Waals surface area contributed by atoms with Gasteiger partial charge in [-0.2, -0.15) is 0 Å². The predicted molar refractivity (Wildman–Crippen MR) is 82.3 cm³/mol. The lowest BCUT2D eigenvalue weighted by Gasteiger charge is -2.23. The van der Waals surface area contributed by atoms with Crippen LogP contribution in [0.3, 0.4) is 0 Å². The van der Waals surface area contributed by atoms with Crippen molar-refractivity contribution in [2.24, 2.45) is 0 Å². The Balaban J connectivity index is 1.83. The summed E-state index contributed by atoms with van der Waals surface area (Å²) in [6.07, 6.45) is 0. The second-order valence-electron chi connectivity index (χ2n) is 5.48. The average molecular weight is 301 g/mol. The minimum atomic E-state index is -0.879. The summed E-state index contributed by atoms with van der Waals surface area (Å²) in [5, 5.41) is 0. The van der Waals surface area contributed by atoms with Crippen molar-refractivity contribution in [1.29, 1.82) is 0 Å². The summed E-state index contributed by atoms with van der Waals surface area (Å²) >= 11 is 0. The van der Waals surface area contributed by atoms with Gasteiger partial charge in [0.2, 0.25) is 0 Å². The molecular formula is C17H17F2N3. The maximum Gasteiger partial charge on any atom is 0.161 e. The molecule has 0 saturated heterocycles. The fourth-order valence-electron chi connectivity index (χ4n) is 2.44. The fraction of sp³-hybridized carbons (Fsp3) is 0.235. The zero-order valence-corrected chi connectivity index (χ0v) is 12.5. The van der Waals surface area contributed by atoms with E-state index < -0.39 is 11.6 Å². The molecule has 2 aromatic carbocycles. The van der Waals surface area contributed by atoms with Crippen molar-refractivity contribution in [2.45, 2.75) is 19.5 Å². The Morgan fingerprint density at radius 2 is 1.82 bits per heavy atom. The number of fused-ring (bicyclic) bond motifs is 1. The van der Waals surface area contributed by atoms with Crippen molar-refractivity contribution in [2.75, 3.05) is 7.05 Å². The van der Waals surface area contributed by atoms with Crippen LogP contribution >= 0.6 is 0 Å². The highest BCUT2D eigenvalue weighted by atomic mass is 19.2. The van der Waals surface area contributed by atoms with Crippen molar-refractivity contribution in [3.8, 4) is 0 Å². The van der Waals surface area contributed by atoms with Crippen molar-refractivity contribution in [3.05, 3.63) is 65.5 Å². The molecule has 1 atom stereocenters. The molecular weight excluding hydrogens is 284 g/mol. The molecule has 5 heteroatoms. The summed E-state index contributed by atoms with van der Waals surface area (Å²) in [6.45, 7) is 2.77. The summed E-state index contributed by atoms with van der Waals surface area (Å²) in [5.41, 5.74) is 2.15. The number of benzene rings is 2. The summed E-state index contributed by atoms with van der Waals surface area (Å²) in [7, 11) is 1.99. The van der Waals surface area contributed by atoms with E-state index in [-0.39, 0.29) is 6.04 Å². The van der Waals surface area contributed by atoms with Crippen LogP contribution < -0.4 is 0 Å². The van der Waals surface area contributed by atoms with Gasteiger partial charge < -0.3 is 4.98 Å². The molecule has 1 unspecified atom stereocenters. The van der Waals surface area contributed by atoms with Gasteiger partial charge in [0.1, 0.15) is 5.82 Å². The molecule has 0 spiro atoms. The van der Waals surface area contributed by atoms with E-state index in [9.17, 15) is 8.78 Å². The quantitative estimate of drug-likeness (QED) is 0.789. The van der Waals surface area contributed by atoms with E-state index >= 15 is 0 Å². The van der Waals surface area contributed by atoms with Gasteiger partial charge in [-0.05, 0) is 19.5 Å². The number of hydrogen-bond acceptors (Lipinski definition) is 2. The summed E-state index contributed by atoms with van der Waals surface area (Å²) in [5.74, 6) is -1.05. The Labute approximate surface area is 127 Å². The van der Waals surface area contributed by atoms with Crippen molar-refractivity contribution < 1.29 is 8.78 Å². The van der Waals surface area contributed by atoms with Crippen LogP contribution in [0.1, 0.15) is 24.4 Å². The van der Waals surface area contributed by atoms with Crippen LogP contribution in [0.15, 0.2) is 42.5 Å². The highest BCUT2D eigenvalue weighted by Crippen LogP contribution is 2.23. The van der Waals surface area contributed by atoms with Gasteiger partial charge in [0.05, 0.1) is 17.1 Å². The summed E-state index contributed by atoms with van der Waals surface area (Å²) < 4.78 is 26.5. The number of nitrogens with zero attached hydrogens (tertiary/aromatic N) is 2. The standard InChI is InChI=1S/C17H17F2N3/c1-11(22(2)10-12-6-4-3-5-7-12)17-20-15-8-13(18)14(19)9-16(15)21-17/h3-9,11H,10H2,1-2H3,(H,20,21). The monoisotopic (exact) mass is 301 g/mol. The van der Waals surface area contributed by atoms with Crippen LogP contribution in [0.2, 0.25) is 0 Å². The van der Waals surface area contributed by atoms with E-state index in [1.807, 2.05) is 32.2 Å². The van der Waals surface area contributed by atoms with Crippen molar-refractivity contribution in [3.63, 3.8) is 0 Å². The van der Waals surface area contributed by atoms with Crippen LogP contribution in [0, 0.1) is 11.6 Å². The summed E-state index contributed by atoms with van der Waals surface area (Å²) in [4.78, 5) is 9.57. The van der Waals surface area contributed by atoms with E-state index in [2.05, 4.69) is 27.0 Å². The zero-order valence-electron chi connectivity index (χ0n) is 12.5. The van der Waals surface area contributed by atoms with E-state index in [0.29, 0.717) is 16.9 Å². The van der Waals surface area contributed by atoms with Gasteiger partial charge in [0.15, 0.2) is 11.6 Å². The second-order valence-corrected chi connectivity index (χ2v) is 5.48. The highest BCUT2D eigenvalue weighted by molar-refractivity contribution is 5.75. The van der Waals surface area contributed by atoms with E-state index in [4.69, 9.17) is 0 Å². The number of nitrogens with one attached hydrogen (secondary N) is 1. The molecule has 1 aromatic heterocycles. The van der Waals surface area contributed by atoms with Crippen LogP contribution in [0.4, 0.5) is 8.78 Å². The van der Waals surface area contributed by atoms with Crippen molar-refractivity contribution >= 4 is 11.0 Å². The van der Waals surface area contributed by atoms with E-state index in [1.165, 1.54) is 5.56 Å². The van der Waals surface area contributed by atoms with Crippen molar-refractivity contribution in [1.82, 2.24) is 14.9 Å². The number of hydrogen-bond donors (Lipinski definition) is 1. The normalized spacial score (nSPS) is 13.0. The minimum Gasteiger partial charge on any atom is -0.341 e. The van der Waals surface area contributed by atoms with Gasteiger partial charge in [0, 0.05) is 18.7 Å². The smallest absolute Gasteiger partial charge is 0.161 e. The highest BCUT2D eigenvalue weighted by Gasteiger charge is 2.17. The van der Waals surface area contributed by atoms with E-state index in [0.717, 1.165) is 18.7 Å². The molecule has 0 fully saturated rings. The lowest BCUT2D eigenvalue weighted by Crippen LogP contribution is -2.22. The zero-order chi connectivity index (χ0) is 15.7. The Morgan fingerprint density at radius 1 is 1.14 bits per heavy atom. The molecule has 3 nitrogen and oxygen atoms in total. The molecule has 0 radical (unpaired) electrons. The number of halogens is 2. The first-order chi connectivity index (χ1) is 10.5. The number of aromatic nitrogens is 2. The van der Waals surface area contributed by atoms with Gasteiger partial charge in [-0.15, -0.1) is 0 Å². The third kappa shape index (κ3) is 2.85. The molecule has 0 aliphatic carbocycles. The van der Waals surface area contributed by atoms with Gasteiger partial charge in [-0.1, -0.05) is 30.3 Å². The fourth-order valence-corrected chi connectivity index (χ4v) is 2.44. The third-order valence-corrected chi connectivity index (χ3v) is 3.87. The first-order valence-electron chi connectivity index (χ1n) is 7.13. The molecule has 1 N–H and O–H groups in total. The Hall–Kier alpha value is -2.27. The molecule has 114 valence electrons. The molecule has 0 bridgehead atoms. The molecule has 0 aliphatic rings. The van der Waals surface area contributed by atoms with Gasteiger partial charge in [-0.3, -0.25) is 4.90 Å². The minimum absolute atomic E-state index is 0.00118. The van der Waals surface area contributed by atoms with Crippen LogP contribution in [0.5, 0.6) is 0 Å². The maximum atomic E-state index is 13.3. The molecule has 3 rings (SSSR count). The lowest BCUT2D eigenvalue weighted by molar-refractivity contribution is 0.245. The molecule has 3 aromatic rings. The third-order valence-electron chi connectivity index (χ3n) is 3.87. The largest absolute Gasteiger partial charge is 0.341 e. The van der Waals surface area contributed by atoms with Crippen LogP contribution in [-0.2, 0) is 6.54 Å². The molecule has 0 amide bonds. The molecule has 0 aliphatic heterocycles. The summed E-state index contributed by atoms with van der Waals surface area (Å²) in [6, 6.07) is 12.4. The number of H-pyrrole nitrogens is 1. The Morgan fingerprint density at radius 3 is 2.55 bits per heavy atom. The number of rotatable bonds is 4. The van der Waals surface area contributed by atoms with Gasteiger partial charge >= 0.3 is 0 Å². The SMILES string of the molecule is CC(c1nc2cc(F)c(F)cc2[nH]1)N(C)Cc1ccccc1.